The first-order chi connectivity index (χ1) is 7.40. The predicted molar refractivity (Wildman–Crippen MR) is 59.6 cm³/mol. The zero-order valence-electron chi connectivity index (χ0n) is 9.19. The van der Waals surface area contributed by atoms with Gasteiger partial charge < -0.3 is 15.2 Å². The lowest BCUT2D eigenvalue weighted by Crippen LogP contribution is -2.28. The van der Waals surface area contributed by atoms with Gasteiger partial charge in [-0.25, -0.2) is 0 Å². The van der Waals surface area contributed by atoms with Crippen LogP contribution in [-0.2, 0) is 4.74 Å². The summed E-state index contributed by atoms with van der Waals surface area (Å²) in [6.07, 6.45) is 7.52. The fourth-order valence-corrected chi connectivity index (χ4v) is 2.73. The fourth-order valence-electron chi connectivity index (χ4n) is 2.73. The molecule has 86 valence electrons. The zero-order chi connectivity index (χ0) is 10.5. The van der Waals surface area contributed by atoms with Gasteiger partial charge in [0, 0.05) is 6.54 Å². The molecule has 0 aromatic rings. The summed E-state index contributed by atoms with van der Waals surface area (Å²) in [5.74, 6) is 2.55. The number of hydrogen-bond acceptors (Lipinski definition) is 3. The quantitative estimate of drug-likeness (QED) is 0.483. The van der Waals surface area contributed by atoms with E-state index in [1.807, 2.05) is 0 Å². The normalized spacial score (nSPS) is 32.7. The number of aliphatic hydroxyl groups excluding tert-OH is 1. The number of rotatable bonds is 7. The third-order valence-electron chi connectivity index (χ3n) is 3.48. The van der Waals surface area contributed by atoms with Gasteiger partial charge in [-0.3, -0.25) is 0 Å². The van der Waals surface area contributed by atoms with Crippen molar-refractivity contribution in [1.29, 1.82) is 0 Å². The second kappa shape index (κ2) is 5.64. The van der Waals surface area contributed by atoms with Crippen LogP contribution in [-0.4, -0.2) is 38.0 Å². The molecule has 3 nitrogen and oxygen atoms in total. The number of ether oxygens (including phenoxy) is 1. The lowest BCUT2D eigenvalue weighted by atomic mass is 9.94. The van der Waals surface area contributed by atoms with Crippen molar-refractivity contribution in [2.75, 3.05) is 32.9 Å². The van der Waals surface area contributed by atoms with Gasteiger partial charge >= 0.3 is 0 Å². The van der Waals surface area contributed by atoms with E-state index in [9.17, 15) is 0 Å². The highest BCUT2D eigenvalue weighted by atomic mass is 16.5. The Hall–Kier alpha value is -0.380. The highest BCUT2D eigenvalue weighted by Crippen LogP contribution is 2.42. The van der Waals surface area contributed by atoms with Crippen molar-refractivity contribution in [3.8, 4) is 0 Å². The molecule has 0 saturated heterocycles. The van der Waals surface area contributed by atoms with Gasteiger partial charge in [0.25, 0.3) is 0 Å². The third kappa shape index (κ3) is 3.03. The molecule has 2 bridgehead atoms. The molecule has 1 saturated carbocycles. The van der Waals surface area contributed by atoms with E-state index in [-0.39, 0.29) is 6.61 Å². The van der Waals surface area contributed by atoms with E-state index >= 15 is 0 Å². The van der Waals surface area contributed by atoms with E-state index < -0.39 is 0 Å². The van der Waals surface area contributed by atoms with Crippen LogP contribution in [0.4, 0.5) is 0 Å². The predicted octanol–water partition coefficient (Wildman–Crippen LogP) is 0.797. The molecule has 0 radical (unpaired) electrons. The number of hydrogen-bond donors (Lipinski definition) is 2. The Bertz CT molecular complexity index is 218. The minimum absolute atomic E-state index is 0.122. The van der Waals surface area contributed by atoms with Crippen molar-refractivity contribution in [3.05, 3.63) is 12.2 Å². The van der Waals surface area contributed by atoms with Crippen LogP contribution in [0.1, 0.15) is 12.8 Å². The molecule has 0 spiro atoms. The molecule has 0 unspecified atom stereocenters. The Morgan fingerprint density at radius 3 is 2.87 bits per heavy atom. The molecule has 2 rings (SSSR count). The highest BCUT2D eigenvalue weighted by Gasteiger charge is 2.34. The van der Waals surface area contributed by atoms with Crippen molar-refractivity contribution in [2.45, 2.75) is 12.8 Å². The van der Waals surface area contributed by atoms with Gasteiger partial charge in [-0.1, -0.05) is 12.2 Å². The number of nitrogens with one attached hydrogen (secondary N) is 1. The molecule has 15 heavy (non-hydrogen) atoms. The lowest BCUT2D eigenvalue weighted by Gasteiger charge is -2.18. The average molecular weight is 211 g/mol. The first-order valence-electron chi connectivity index (χ1n) is 5.98. The fraction of sp³-hybridized carbons (Fsp3) is 0.833. The van der Waals surface area contributed by atoms with Gasteiger partial charge in [0.2, 0.25) is 0 Å². The standard InChI is InChI=1S/C12H21NO2/c14-4-6-15-5-3-13-9-12-8-10-1-2-11(12)7-10/h1-2,10-14H,3-9H2/t10-,11-,12-/m1/s1. The van der Waals surface area contributed by atoms with Crippen LogP contribution in [0.5, 0.6) is 0 Å². The molecule has 1 fully saturated rings. The molecule has 0 heterocycles. The highest BCUT2D eigenvalue weighted by molar-refractivity contribution is 5.10. The van der Waals surface area contributed by atoms with Crippen LogP contribution >= 0.6 is 0 Å². The van der Waals surface area contributed by atoms with E-state index in [1.165, 1.54) is 12.8 Å². The van der Waals surface area contributed by atoms with E-state index in [4.69, 9.17) is 9.84 Å². The summed E-state index contributed by atoms with van der Waals surface area (Å²) in [6, 6.07) is 0. The number of aliphatic hydroxyl groups is 1. The molecular weight excluding hydrogens is 190 g/mol. The maximum Gasteiger partial charge on any atom is 0.0698 e. The zero-order valence-corrected chi connectivity index (χ0v) is 9.19. The molecule has 0 aromatic heterocycles. The number of allylic oxidation sites excluding steroid dienone is 2. The van der Waals surface area contributed by atoms with Crippen molar-refractivity contribution >= 4 is 0 Å². The van der Waals surface area contributed by atoms with E-state index in [1.54, 1.807) is 0 Å². The Balaban J connectivity index is 1.50. The average Bonchev–Trinajstić information content (AvgIpc) is 2.85. The van der Waals surface area contributed by atoms with Crippen LogP contribution in [0, 0.1) is 17.8 Å². The Morgan fingerprint density at radius 1 is 1.27 bits per heavy atom. The molecule has 3 heteroatoms. The van der Waals surface area contributed by atoms with Crippen LogP contribution < -0.4 is 5.32 Å². The SMILES string of the molecule is OCCOCCNC[C@H]1C[C@@H]2C=C[C@@H]1C2. The Morgan fingerprint density at radius 2 is 2.20 bits per heavy atom. The van der Waals surface area contributed by atoms with Crippen molar-refractivity contribution < 1.29 is 9.84 Å². The first-order valence-corrected chi connectivity index (χ1v) is 5.98. The maximum atomic E-state index is 8.51. The topological polar surface area (TPSA) is 41.5 Å². The summed E-state index contributed by atoms with van der Waals surface area (Å²) in [5, 5.41) is 11.9. The molecule has 2 aliphatic carbocycles. The second-order valence-electron chi connectivity index (χ2n) is 4.58. The summed E-state index contributed by atoms with van der Waals surface area (Å²) in [4.78, 5) is 0. The smallest absolute Gasteiger partial charge is 0.0698 e. The van der Waals surface area contributed by atoms with Crippen LogP contribution in [0.25, 0.3) is 0 Å². The first kappa shape index (κ1) is 11.1. The minimum atomic E-state index is 0.122. The van der Waals surface area contributed by atoms with Gasteiger partial charge in [-0.15, -0.1) is 0 Å². The summed E-state index contributed by atoms with van der Waals surface area (Å²) in [6.45, 7) is 3.30. The summed E-state index contributed by atoms with van der Waals surface area (Å²) in [7, 11) is 0. The molecule has 0 amide bonds. The van der Waals surface area contributed by atoms with Gasteiger partial charge in [-0.05, 0) is 37.1 Å². The summed E-state index contributed by atoms with van der Waals surface area (Å²) in [5.41, 5.74) is 0. The van der Waals surface area contributed by atoms with Crippen molar-refractivity contribution in [1.82, 2.24) is 5.32 Å². The van der Waals surface area contributed by atoms with Gasteiger partial charge in [-0.2, -0.15) is 0 Å². The maximum absolute atomic E-state index is 8.51. The van der Waals surface area contributed by atoms with Gasteiger partial charge in [0.15, 0.2) is 0 Å². The molecule has 2 aliphatic rings. The molecule has 0 aliphatic heterocycles. The Labute approximate surface area is 91.5 Å². The summed E-state index contributed by atoms with van der Waals surface area (Å²) < 4.78 is 5.18. The van der Waals surface area contributed by atoms with Gasteiger partial charge in [0.05, 0.1) is 19.8 Å². The van der Waals surface area contributed by atoms with Crippen LogP contribution in [0.2, 0.25) is 0 Å². The van der Waals surface area contributed by atoms with Crippen molar-refractivity contribution in [3.63, 3.8) is 0 Å². The lowest BCUT2D eigenvalue weighted by molar-refractivity contribution is 0.0933. The van der Waals surface area contributed by atoms with E-state index in [0.29, 0.717) is 13.2 Å². The van der Waals surface area contributed by atoms with E-state index in [2.05, 4.69) is 17.5 Å². The van der Waals surface area contributed by atoms with E-state index in [0.717, 1.165) is 30.8 Å². The van der Waals surface area contributed by atoms with Crippen LogP contribution in [0.15, 0.2) is 12.2 Å². The Kier molecular flexibility index (Phi) is 4.18. The molecule has 2 N–H and O–H groups in total. The summed E-state index contributed by atoms with van der Waals surface area (Å²) >= 11 is 0. The monoisotopic (exact) mass is 211 g/mol. The number of fused-ring (bicyclic) bond motifs is 2. The third-order valence-corrected chi connectivity index (χ3v) is 3.48. The van der Waals surface area contributed by atoms with Crippen molar-refractivity contribution in [2.24, 2.45) is 17.8 Å². The molecule has 3 atom stereocenters. The molecule has 0 aromatic carbocycles. The largest absolute Gasteiger partial charge is 0.394 e. The second-order valence-corrected chi connectivity index (χ2v) is 4.58. The minimum Gasteiger partial charge on any atom is -0.394 e. The van der Waals surface area contributed by atoms with Gasteiger partial charge in [0.1, 0.15) is 0 Å². The molecular formula is C12H21NO2. The van der Waals surface area contributed by atoms with Crippen LogP contribution in [0.3, 0.4) is 0 Å².